The van der Waals surface area contributed by atoms with Crippen LogP contribution >= 0.6 is 11.3 Å². The zero-order valence-corrected chi connectivity index (χ0v) is 22.1. The Bertz CT molecular complexity index is 1300. The van der Waals surface area contributed by atoms with Crippen molar-refractivity contribution < 1.29 is 22.7 Å². The highest BCUT2D eigenvalue weighted by Gasteiger charge is 2.39. The molecule has 1 atom stereocenters. The SMILES string of the molecule is CC(Oc1nc2c(s1)CCN(CCC1CCC(C=NC(=O)c3cccc4ncccc34)CC1)C2)C(F)(F)F. The molecule has 0 radical (unpaired) electrons. The number of aromatic nitrogens is 2. The molecule has 1 unspecified atom stereocenters. The summed E-state index contributed by atoms with van der Waals surface area (Å²) in [6, 6.07) is 9.25. The highest BCUT2D eigenvalue weighted by Crippen LogP contribution is 2.34. The van der Waals surface area contributed by atoms with Crippen molar-refractivity contribution >= 4 is 34.4 Å². The number of hydrogen-bond acceptors (Lipinski definition) is 6. The molecule has 202 valence electrons. The molecule has 38 heavy (non-hydrogen) atoms. The van der Waals surface area contributed by atoms with Crippen LogP contribution in [0.25, 0.3) is 10.9 Å². The molecule has 3 aromatic rings. The van der Waals surface area contributed by atoms with Gasteiger partial charge in [0.15, 0.2) is 6.10 Å². The van der Waals surface area contributed by atoms with Crippen LogP contribution in [0, 0.1) is 11.8 Å². The first-order chi connectivity index (χ1) is 18.3. The molecule has 5 rings (SSSR count). The van der Waals surface area contributed by atoms with E-state index in [4.69, 9.17) is 4.74 Å². The van der Waals surface area contributed by atoms with Crippen LogP contribution in [0.3, 0.4) is 0 Å². The molecule has 1 aliphatic carbocycles. The number of ether oxygens (including phenoxy) is 1. The molecule has 6 nitrogen and oxygen atoms in total. The Hall–Kier alpha value is -2.85. The maximum atomic E-state index is 12.8. The van der Waals surface area contributed by atoms with Crippen molar-refractivity contribution in [3.63, 3.8) is 0 Å². The first-order valence-corrected chi connectivity index (χ1v) is 13.9. The van der Waals surface area contributed by atoms with E-state index in [0.717, 1.165) is 80.0 Å². The Morgan fingerprint density at radius 2 is 2.05 bits per heavy atom. The molecule has 0 N–H and O–H groups in total. The maximum absolute atomic E-state index is 12.8. The number of carbonyl (C=O) groups is 1. The van der Waals surface area contributed by atoms with Crippen LogP contribution in [0.2, 0.25) is 0 Å². The van der Waals surface area contributed by atoms with Crippen molar-refractivity contribution in [1.29, 1.82) is 0 Å². The molecule has 1 saturated carbocycles. The zero-order chi connectivity index (χ0) is 26.7. The molecule has 1 fully saturated rings. The van der Waals surface area contributed by atoms with Gasteiger partial charge in [0.2, 0.25) is 0 Å². The Morgan fingerprint density at radius 3 is 2.84 bits per heavy atom. The number of hydrogen-bond donors (Lipinski definition) is 0. The van der Waals surface area contributed by atoms with Crippen molar-refractivity contribution in [2.75, 3.05) is 13.1 Å². The Labute approximate surface area is 224 Å². The molecule has 2 aromatic heterocycles. The largest absolute Gasteiger partial charge is 0.457 e. The first-order valence-electron chi connectivity index (χ1n) is 13.1. The molecule has 0 spiro atoms. The normalized spacial score (nSPS) is 21.5. The molecule has 2 aliphatic rings. The standard InChI is InChI=1S/C28H31F3N4O2S/c1-18(28(29,30)31)37-27-34-24-17-35(15-12-25(24)38-27)14-11-19-7-9-20(10-8-19)16-33-26(36)22-4-2-6-23-21(22)5-3-13-32-23/h2-6,13,16,18-20H,7-12,14-15,17H2,1H3. The minimum atomic E-state index is -4.40. The quantitative estimate of drug-likeness (QED) is 0.318. The third kappa shape index (κ3) is 6.40. The molecule has 10 heteroatoms. The lowest BCUT2D eigenvalue weighted by Gasteiger charge is -2.30. The van der Waals surface area contributed by atoms with Crippen LogP contribution in [0.15, 0.2) is 41.5 Å². The number of rotatable bonds is 7. The fourth-order valence-corrected chi connectivity index (χ4v) is 6.19. The van der Waals surface area contributed by atoms with Gasteiger partial charge in [-0.2, -0.15) is 13.2 Å². The summed E-state index contributed by atoms with van der Waals surface area (Å²) in [7, 11) is 0. The van der Waals surface area contributed by atoms with E-state index in [9.17, 15) is 18.0 Å². The van der Waals surface area contributed by atoms with Gasteiger partial charge in [-0.25, -0.2) is 9.98 Å². The third-order valence-electron chi connectivity index (χ3n) is 7.55. The zero-order valence-electron chi connectivity index (χ0n) is 21.3. The second-order valence-corrected chi connectivity index (χ2v) is 11.3. The average Bonchev–Trinajstić information content (AvgIpc) is 3.32. The Balaban J connectivity index is 1.07. The van der Waals surface area contributed by atoms with Crippen molar-refractivity contribution in [1.82, 2.24) is 14.9 Å². The Kier molecular flexibility index (Phi) is 8.09. The van der Waals surface area contributed by atoms with Gasteiger partial charge in [-0.05, 0) is 82.0 Å². The summed E-state index contributed by atoms with van der Waals surface area (Å²) in [6.07, 6.45) is 3.42. The van der Waals surface area contributed by atoms with Crippen LogP contribution in [0.4, 0.5) is 13.2 Å². The van der Waals surface area contributed by atoms with Gasteiger partial charge in [0.05, 0.1) is 16.8 Å². The number of amides is 1. The first kappa shape index (κ1) is 26.7. The van der Waals surface area contributed by atoms with Gasteiger partial charge >= 0.3 is 6.18 Å². The van der Waals surface area contributed by atoms with Gasteiger partial charge in [0, 0.05) is 35.8 Å². The number of halogens is 3. The van der Waals surface area contributed by atoms with E-state index >= 15 is 0 Å². The monoisotopic (exact) mass is 544 g/mol. The fourth-order valence-electron chi connectivity index (χ4n) is 5.21. The highest BCUT2D eigenvalue weighted by atomic mass is 32.1. The number of nitrogens with zero attached hydrogens (tertiary/aromatic N) is 4. The maximum Gasteiger partial charge on any atom is 0.425 e. The molecular weight excluding hydrogens is 513 g/mol. The van der Waals surface area contributed by atoms with Crippen molar-refractivity contribution in [3.05, 3.63) is 52.7 Å². The van der Waals surface area contributed by atoms with Crippen LogP contribution in [0.1, 0.15) is 60.0 Å². The average molecular weight is 545 g/mol. The van der Waals surface area contributed by atoms with E-state index in [-0.39, 0.29) is 11.1 Å². The van der Waals surface area contributed by atoms with Crippen LogP contribution < -0.4 is 4.74 Å². The summed E-state index contributed by atoms with van der Waals surface area (Å²) in [6.45, 7) is 3.50. The summed E-state index contributed by atoms with van der Waals surface area (Å²) >= 11 is 1.23. The molecule has 1 aliphatic heterocycles. The lowest BCUT2D eigenvalue weighted by atomic mass is 9.81. The second kappa shape index (κ2) is 11.5. The number of aliphatic imine (C=N–C) groups is 1. The van der Waals surface area contributed by atoms with Gasteiger partial charge in [0.1, 0.15) is 0 Å². The van der Waals surface area contributed by atoms with Crippen LogP contribution in [0.5, 0.6) is 5.19 Å². The molecule has 3 heterocycles. The van der Waals surface area contributed by atoms with E-state index in [0.29, 0.717) is 23.9 Å². The summed E-state index contributed by atoms with van der Waals surface area (Å²) in [4.78, 5) is 29.0. The third-order valence-corrected chi connectivity index (χ3v) is 8.60. The van der Waals surface area contributed by atoms with Crippen LogP contribution in [-0.2, 0) is 13.0 Å². The number of benzene rings is 1. The molecular formula is C28H31F3N4O2S. The van der Waals surface area contributed by atoms with Gasteiger partial charge in [-0.15, -0.1) is 0 Å². The van der Waals surface area contributed by atoms with Crippen molar-refractivity contribution in [2.45, 2.75) is 64.3 Å². The second-order valence-electron chi connectivity index (χ2n) is 10.2. The predicted octanol–water partition coefficient (Wildman–Crippen LogP) is 6.49. The fraction of sp³-hybridized carbons (Fsp3) is 0.500. The summed E-state index contributed by atoms with van der Waals surface area (Å²) in [5.74, 6) is 0.717. The summed E-state index contributed by atoms with van der Waals surface area (Å²) in [5.41, 5.74) is 2.22. The van der Waals surface area contributed by atoms with Crippen molar-refractivity contribution in [2.24, 2.45) is 16.8 Å². The lowest BCUT2D eigenvalue weighted by Crippen LogP contribution is -2.32. The predicted molar refractivity (Wildman–Crippen MR) is 142 cm³/mol. The Morgan fingerprint density at radius 1 is 1.24 bits per heavy atom. The van der Waals surface area contributed by atoms with E-state index in [1.165, 1.54) is 11.3 Å². The smallest absolute Gasteiger partial charge is 0.425 e. The van der Waals surface area contributed by atoms with E-state index in [2.05, 4.69) is 19.9 Å². The van der Waals surface area contributed by atoms with Gasteiger partial charge in [-0.3, -0.25) is 14.7 Å². The van der Waals surface area contributed by atoms with Gasteiger partial charge in [0.25, 0.3) is 11.1 Å². The topological polar surface area (TPSA) is 67.7 Å². The molecule has 0 saturated heterocycles. The lowest BCUT2D eigenvalue weighted by molar-refractivity contribution is -0.189. The summed E-state index contributed by atoms with van der Waals surface area (Å²) < 4.78 is 43.4. The molecule has 1 aromatic carbocycles. The number of pyridine rings is 1. The minimum Gasteiger partial charge on any atom is -0.457 e. The molecule has 1 amide bonds. The van der Waals surface area contributed by atoms with Gasteiger partial charge in [-0.1, -0.05) is 23.5 Å². The number of thiazole rings is 1. The molecule has 0 bridgehead atoms. The van der Waals surface area contributed by atoms with E-state index in [1.807, 2.05) is 30.5 Å². The van der Waals surface area contributed by atoms with Gasteiger partial charge < -0.3 is 4.74 Å². The summed E-state index contributed by atoms with van der Waals surface area (Å²) in [5, 5.41) is 0.931. The number of fused-ring (bicyclic) bond motifs is 2. The van der Waals surface area contributed by atoms with E-state index < -0.39 is 12.3 Å². The van der Waals surface area contributed by atoms with Crippen LogP contribution in [-0.4, -0.2) is 52.4 Å². The minimum absolute atomic E-state index is 0.109. The number of carbonyl (C=O) groups excluding carboxylic acids is 1. The van der Waals surface area contributed by atoms with Crippen molar-refractivity contribution in [3.8, 4) is 5.19 Å². The van der Waals surface area contributed by atoms with E-state index in [1.54, 1.807) is 12.3 Å². The highest BCUT2D eigenvalue weighted by molar-refractivity contribution is 7.13. The number of alkyl halides is 3.